The van der Waals surface area contributed by atoms with Gasteiger partial charge in [0.25, 0.3) is 0 Å². The Kier molecular flexibility index (Phi) is 60.0. The maximum absolute atomic E-state index is 13.9. The number of terminal acetylenes is 1. The van der Waals surface area contributed by atoms with E-state index in [9.17, 15) is 41.6 Å². The van der Waals surface area contributed by atoms with Crippen LogP contribution in [-0.4, -0.2) is 228 Å². The quantitative estimate of drug-likeness (QED) is 0.0294. The second-order valence-electron chi connectivity index (χ2n) is 41.9. The first kappa shape index (κ1) is 136. The largest absolute Gasteiger partial charge is 0.766 e. The standard InChI is InChI=1S/2C17H34BO4P.C13H24BO4P.C13H26BO4P.C12H25BNO4P.C11H22BFNO4P.C3H4O.C2H6.H2S.Y/c2*1-12(2)11-15(7)16(8,14(5,6)17(9,18)21-15)22-23(10,19)20-13(3)4;1-8(2)7-13-6-5-10(12(14)16-13)11(13)18-19(15)17-9(3)4;1-9(2)6-11-12(7-13(14)17-11)18-19(5,15)16-8-10(3)4;1-8(2)5-11-10(6-12(13)18-11)14-19(15,16)17-7-9(3)4;1-6(2)5-8-10(9(13)11(12)17-8)14-19(15,16)18-7(3)4;1-3-4-2;1-2;;/h2*12-13H,11H2,1-10H3;8-12,19H,5-7H2,1-4H3;9-13H,6-8H2,1-5H3;8-12H,5-7H2,1-4H3,(H2,14,15,16);6-11H,5H2,1-4H3,(H2,14,15,16);1H,2H3;1-2H3;1H2;/p-1/t2*15-,16?,17-,23?;10-,11?,12+,13+;11-,12?,13-,19?;10?,11-,12-;8-,9+,10?,11-;;;;/m110111..../s1. The molecule has 0 spiro atoms. The first-order chi connectivity index (χ1) is 57.8. The predicted octanol–water partition coefficient (Wildman–Crippen LogP) is 20.1. The van der Waals surface area contributed by atoms with Gasteiger partial charge in [-0.2, -0.15) is 13.5 Å². The average Bonchev–Trinajstić information content (AvgIpc) is 1.54. The van der Waals surface area contributed by atoms with E-state index in [1.807, 2.05) is 172 Å². The molecule has 753 valence electrons. The van der Waals surface area contributed by atoms with Crippen molar-refractivity contribution >= 4 is 107 Å². The van der Waals surface area contributed by atoms with Crippen molar-refractivity contribution in [1.29, 1.82) is 0 Å². The van der Waals surface area contributed by atoms with Gasteiger partial charge in [-0.15, -0.1) is 0 Å². The molecule has 13 radical (unpaired) electrons. The average molecular weight is 2050 g/mol. The Morgan fingerprint density at radius 1 is 0.546 bits per heavy atom. The van der Waals surface area contributed by atoms with E-state index in [1.165, 1.54) is 27.1 Å². The van der Waals surface area contributed by atoms with E-state index in [0.29, 0.717) is 61.4 Å². The van der Waals surface area contributed by atoms with Crippen LogP contribution in [0.3, 0.4) is 0 Å². The van der Waals surface area contributed by atoms with E-state index in [4.69, 9.17) is 121 Å². The minimum atomic E-state index is -4.32. The number of halogens is 1. The molecular formula is C88H176B6FN2O25P6SY-. The fourth-order valence-electron chi connectivity index (χ4n) is 17.2. The number of nitrogens with one attached hydrogen (secondary N) is 2. The van der Waals surface area contributed by atoms with Gasteiger partial charge in [-0.05, 0) is 208 Å². The molecule has 7 aliphatic rings. The predicted molar refractivity (Wildman–Crippen MR) is 529 cm³/mol. The van der Waals surface area contributed by atoms with Crippen LogP contribution in [0.2, 0.25) is 0 Å². The van der Waals surface area contributed by atoms with Gasteiger partial charge in [0.15, 0.2) is 0 Å². The van der Waals surface area contributed by atoms with Crippen LogP contribution in [0.5, 0.6) is 0 Å². The number of hydrogen-bond donors (Lipinski definition) is 3. The van der Waals surface area contributed by atoms with Crippen LogP contribution >= 0.6 is 60.0 Å². The molecule has 0 aromatic carbocycles. The molecule has 12 unspecified atom stereocenters. The first-order valence-electron chi connectivity index (χ1n) is 46.3. The Bertz CT molecular complexity index is 3420. The summed E-state index contributed by atoms with van der Waals surface area (Å²) in [4.78, 5) is 21.5. The van der Waals surface area contributed by atoms with Gasteiger partial charge >= 0.3 is 38.8 Å². The molecule has 3 N–H and O–H groups in total. The second-order valence-corrected chi connectivity index (χ2v) is 51.8. The van der Waals surface area contributed by atoms with Crippen LogP contribution in [-0.2, 0) is 138 Å². The van der Waals surface area contributed by atoms with Crippen molar-refractivity contribution < 1.29 is 153 Å². The van der Waals surface area contributed by atoms with E-state index in [-0.39, 0.29) is 143 Å². The van der Waals surface area contributed by atoms with E-state index in [0.717, 1.165) is 44.9 Å². The van der Waals surface area contributed by atoms with Gasteiger partial charge in [-0.1, -0.05) is 159 Å². The molecular weight excluding hydrogens is 1880 g/mol. The zero-order valence-corrected chi connectivity index (χ0v) is 96.7. The van der Waals surface area contributed by atoms with Gasteiger partial charge in [-0.3, -0.25) is 36.4 Å². The van der Waals surface area contributed by atoms with Gasteiger partial charge in [0.05, 0.1) is 92.0 Å². The van der Waals surface area contributed by atoms with Crippen molar-refractivity contribution in [2.45, 2.75) is 450 Å². The Hall–Kier alpha value is 1.71. The van der Waals surface area contributed by atoms with Crippen molar-refractivity contribution in [2.75, 3.05) is 40.3 Å². The van der Waals surface area contributed by atoms with Crippen molar-refractivity contribution in [3.8, 4) is 12.5 Å². The molecule has 0 amide bonds. The summed E-state index contributed by atoms with van der Waals surface area (Å²) in [5.74, 6) is 3.09. The van der Waals surface area contributed by atoms with E-state index in [2.05, 4.69) is 90.6 Å². The monoisotopic (exact) mass is 2050 g/mol. The first-order valence-corrected chi connectivity index (χ1v) is 56.6. The molecule has 7 fully saturated rings. The Labute approximate surface area is 830 Å². The molecule has 0 aromatic heterocycles. The van der Waals surface area contributed by atoms with E-state index >= 15 is 0 Å². The SMILES string of the molecule is C#COC.CC.S.[B][C@@H]1O[C@@]2(CC(C)C)CC[C@H]1C2O[PH](=O)OC(C)C.[B][C@@H]1O[C@H](CC(C)C)C(NP(=O)([O-])OC(C)C)[C@@H]1F.[B][C@H]1CC(NP(=O)(O)OCC(C)C)[C@@H](CC(C)C)O1.[B][C@H]1CC(OP(C)(=O)OCC(C)C)[C@@H](CC(C)C)O1.[B][C@]1(C)O[C@](C)(CC(C)C)C(C)(OP(C)(=O)OC(C)C)C1(C)C.[B][C@]1(C)O[C@](C)(CC(C)C)C(C)(OP(C)(=O)OC(C)C)C1(C)C.[Y]. The van der Waals surface area contributed by atoms with Crippen LogP contribution < -0.4 is 15.1 Å². The molecule has 1 aliphatic carbocycles. The van der Waals surface area contributed by atoms with Gasteiger partial charge < -0.3 is 74.6 Å². The second kappa shape index (κ2) is 57.4. The number of alkyl halides is 1. The topological polar surface area (TPSA) is 327 Å². The molecule has 6 heterocycles. The van der Waals surface area contributed by atoms with E-state index in [1.54, 1.807) is 13.8 Å². The van der Waals surface area contributed by atoms with Crippen molar-refractivity contribution in [2.24, 2.45) is 64.1 Å². The molecule has 2 bridgehead atoms. The zero-order valence-electron chi connectivity index (χ0n) is 87.4. The maximum Gasteiger partial charge on any atom is 0.403 e. The maximum atomic E-state index is 13.9. The Balaban J connectivity index is -0.00000147. The van der Waals surface area contributed by atoms with Crippen LogP contribution in [0.25, 0.3) is 0 Å². The summed E-state index contributed by atoms with van der Waals surface area (Å²) in [5.41, 5.74) is -6.32. The summed E-state index contributed by atoms with van der Waals surface area (Å²) in [6, 6.07) is -3.36. The van der Waals surface area contributed by atoms with E-state index < -0.39 is 121 Å². The van der Waals surface area contributed by atoms with Crippen LogP contribution in [0.1, 0.15) is 313 Å². The number of methoxy groups -OCH3 is 1. The number of rotatable bonds is 38. The summed E-state index contributed by atoms with van der Waals surface area (Å²) in [6.07, 6.45) is 10.3. The van der Waals surface area contributed by atoms with Crippen molar-refractivity contribution in [1.82, 2.24) is 10.2 Å². The van der Waals surface area contributed by atoms with Gasteiger partial charge in [0.1, 0.15) is 76.7 Å². The fourth-order valence-corrected chi connectivity index (χ4v) is 26.0. The van der Waals surface area contributed by atoms with Gasteiger partial charge in [-0.25, -0.2) is 19.1 Å². The molecule has 6 saturated heterocycles. The third-order valence-electron chi connectivity index (χ3n) is 23.4. The third-order valence-corrected chi connectivity index (χ3v) is 31.3. The summed E-state index contributed by atoms with van der Waals surface area (Å²) in [6.45, 7) is 76.1. The molecule has 26 atom stereocenters. The van der Waals surface area contributed by atoms with Crippen molar-refractivity contribution in [3.05, 3.63) is 0 Å². The van der Waals surface area contributed by atoms with Crippen LogP contribution in [0.4, 0.5) is 4.39 Å². The van der Waals surface area contributed by atoms with Crippen LogP contribution in [0.15, 0.2) is 0 Å². The summed E-state index contributed by atoms with van der Waals surface area (Å²) in [5, 5.41) is 4.90. The normalized spacial score (nSPS) is 34.2. The molecule has 130 heavy (non-hydrogen) atoms. The molecule has 7 rings (SSSR count). The van der Waals surface area contributed by atoms with Gasteiger partial charge in [0, 0.05) is 111 Å². The summed E-state index contributed by atoms with van der Waals surface area (Å²) >= 11 is 0. The molecule has 27 nitrogen and oxygen atoms in total. The smallest absolute Gasteiger partial charge is 0.403 e. The number of hydrogen-bond acceptors (Lipinski definition) is 24. The minimum Gasteiger partial charge on any atom is -0.766 e. The fraction of sp³-hybridized carbons (Fsp3) is 0.977. The minimum absolute atomic E-state index is 0. The molecule has 42 heteroatoms. The number of fused-ring (bicyclic) bond motifs is 2. The van der Waals surface area contributed by atoms with Crippen LogP contribution in [0, 0.1) is 76.6 Å². The summed E-state index contributed by atoms with van der Waals surface area (Å²) in [7, 11) is 17.3. The van der Waals surface area contributed by atoms with Gasteiger partial charge in [0.2, 0.25) is 7.75 Å². The Morgan fingerprint density at radius 2 is 0.931 bits per heavy atom. The number of ether oxygens (including phenoxy) is 7. The van der Waals surface area contributed by atoms with Crippen molar-refractivity contribution in [3.63, 3.8) is 0 Å². The summed E-state index contributed by atoms with van der Waals surface area (Å²) < 4.78 is 182. The zero-order chi connectivity index (χ0) is 101. The third kappa shape index (κ3) is 43.3. The molecule has 6 aliphatic heterocycles. The molecule has 1 saturated carbocycles. The Morgan fingerprint density at radius 3 is 1.30 bits per heavy atom. The molecule has 0 aromatic rings.